The Bertz CT molecular complexity index is 754. The minimum Gasteiger partial charge on any atom is -0.504 e. The molecular formula is C21H26O5. The highest BCUT2D eigenvalue weighted by Crippen LogP contribution is 2.35. The van der Waals surface area contributed by atoms with Gasteiger partial charge in [-0.25, -0.2) is 0 Å². The first-order valence-electron chi connectivity index (χ1n) is 8.41. The van der Waals surface area contributed by atoms with Crippen molar-refractivity contribution in [3.63, 3.8) is 0 Å². The molecule has 0 aliphatic heterocycles. The van der Waals surface area contributed by atoms with Crippen molar-refractivity contribution in [3.05, 3.63) is 53.6 Å². The van der Waals surface area contributed by atoms with Gasteiger partial charge in [0.15, 0.2) is 23.0 Å². The lowest BCUT2D eigenvalue weighted by molar-refractivity contribution is 0.00834. The Labute approximate surface area is 154 Å². The molecular weight excluding hydrogens is 332 g/mol. The summed E-state index contributed by atoms with van der Waals surface area (Å²) in [5.74, 6) is 1.78. The zero-order valence-electron chi connectivity index (χ0n) is 15.9. The SMILES string of the molecule is CC=Cc1ccc(O[C@@H](C)[C@@H](OC)c2ccc(O)c(OC)c2)c(OC)c1. The number of phenolic OH excluding ortho intramolecular Hbond substituents is 1. The average Bonchev–Trinajstić information content (AvgIpc) is 2.65. The van der Waals surface area contributed by atoms with Gasteiger partial charge in [0.2, 0.25) is 0 Å². The van der Waals surface area contributed by atoms with Gasteiger partial charge in [0.05, 0.1) is 14.2 Å². The molecule has 2 aromatic carbocycles. The first-order valence-corrected chi connectivity index (χ1v) is 8.41. The summed E-state index contributed by atoms with van der Waals surface area (Å²) in [6.07, 6.45) is 3.33. The molecule has 2 atom stereocenters. The van der Waals surface area contributed by atoms with Crippen molar-refractivity contribution in [1.29, 1.82) is 0 Å². The summed E-state index contributed by atoms with van der Waals surface area (Å²) >= 11 is 0. The quantitative estimate of drug-likeness (QED) is 0.747. The lowest BCUT2D eigenvalue weighted by Crippen LogP contribution is -2.23. The molecule has 0 aliphatic carbocycles. The molecule has 1 N–H and O–H groups in total. The second-order valence-corrected chi connectivity index (χ2v) is 5.82. The van der Waals surface area contributed by atoms with Crippen LogP contribution in [0.5, 0.6) is 23.0 Å². The van der Waals surface area contributed by atoms with E-state index < -0.39 is 0 Å². The first-order chi connectivity index (χ1) is 12.5. The van der Waals surface area contributed by atoms with Crippen LogP contribution in [0.4, 0.5) is 0 Å². The third kappa shape index (κ3) is 4.49. The molecule has 0 fully saturated rings. The normalized spacial score (nSPS) is 13.4. The highest BCUT2D eigenvalue weighted by Gasteiger charge is 2.23. The van der Waals surface area contributed by atoms with Crippen LogP contribution in [0.3, 0.4) is 0 Å². The number of hydrogen-bond acceptors (Lipinski definition) is 5. The summed E-state index contributed by atoms with van der Waals surface area (Å²) in [6, 6.07) is 10.9. The summed E-state index contributed by atoms with van der Waals surface area (Å²) in [4.78, 5) is 0. The topological polar surface area (TPSA) is 57.2 Å². The molecule has 0 bridgehead atoms. The maximum atomic E-state index is 9.78. The minimum atomic E-state index is -0.343. The van der Waals surface area contributed by atoms with Crippen LogP contribution in [0.25, 0.3) is 6.08 Å². The molecule has 0 saturated heterocycles. The molecule has 0 spiro atoms. The van der Waals surface area contributed by atoms with Crippen molar-refractivity contribution >= 4 is 6.08 Å². The Hall–Kier alpha value is -2.66. The number of phenols is 1. The fourth-order valence-electron chi connectivity index (χ4n) is 2.81. The molecule has 26 heavy (non-hydrogen) atoms. The van der Waals surface area contributed by atoms with E-state index in [-0.39, 0.29) is 18.0 Å². The summed E-state index contributed by atoms with van der Waals surface area (Å²) in [5, 5.41) is 9.78. The summed E-state index contributed by atoms with van der Waals surface area (Å²) in [7, 11) is 4.75. The molecule has 2 rings (SSSR count). The Kier molecular flexibility index (Phi) is 6.92. The Morgan fingerprint density at radius 1 is 0.923 bits per heavy atom. The number of ether oxygens (including phenoxy) is 4. The standard InChI is InChI=1S/C21H26O5/c1-6-7-15-8-11-18(20(12-15)24-4)26-14(2)21(25-5)16-9-10-17(22)19(13-16)23-3/h6-14,21-22H,1-5H3/t14-,21+/m0/s1. The zero-order chi connectivity index (χ0) is 19.1. The van der Waals surface area contributed by atoms with Crippen molar-refractivity contribution in [2.45, 2.75) is 26.1 Å². The van der Waals surface area contributed by atoms with Gasteiger partial charge in [-0.1, -0.05) is 24.3 Å². The molecule has 0 heterocycles. The molecule has 0 aromatic heterocycles. The third-order valence-electron chi connectivity index (χ3n) is 4.07. The maximum Gasteiger partial charge on any atom is 0.161 e. The lowest BCUT2D eigenvalue weighted by atomic mass is 10.0. The van der Waals surface area contributed by atoms with Crippen molar-refractivity contribution < 1.29 is 24.1 Å². The molecule has 5 nitrogen and oxygen atoms in total. The van der Waals surface area contributed by atoms with Gasteiger partial charge in [0.1, 0.15) is 12.2 Å². The molecule has 0 radical (unpaired) electrons. The van der Waals surface area contributed by atoms with Crippen LogP contribution >= 0.6 is 0 Å². The fourth-order valence-corrected chi connectivity index (χ4v) is 2.81. The van der Waals surface area contributed by atoms with E-state index in [0.717, 1.165) is 11.1 Å². The van der Waals surface area contributed by atoms with Crippen molar-refractivity contribution in [2.75, 3.05) is 21.3 Å². The van der Waals surface area contributed by atoms with Crippen molar-refractivity contribution in [3.8, 4) is 23.0 Å². The summed E-state index contributed by atoms with van der Waals surface area (Å²) < 4.78 is 22.4. The van der Waals surface area contributed by atoms with Crippen LogP contribution < -0.4 is 14.2 Å². The van der Waals surface area contributed by atoms with Crippen LogP contribution in [0.2, 0.25) is 0 Å². The van der Waals surface area contributed by atoms with Crippen LogP contribution in [0.1, 0.15) is 31.1 Å². The van der Waals surface area contributed by atoms with Gasteiger partial charge < -0.3 is 24.1 Å². The van der Waals surface area contributed by atoms with Crippen molar-refractivity contribution in [2.24, 2.45) is 0 Å². The number of aromatic hydroxyl groups is 1. The highest BCUT2D eigenvalue weighted by atomic mass is 16.5. The smallest absolute Gasteiger partial charge is 0.161 e. The van der Waals surface area contributed by atoms with E-state index in [4.69, 9.17) is 18.9 Å². The van der Waals surface area contributed by atoms with Crippen LogP contribution in [0.15, 0.2) is 42.5 Å². The molecule has 2 aromatic rings. The lowest BCUT2D eigenvalue weighted by Gasteiger charge is -2.25. The molecule has 0 aliphatic rings. The van der Waals surface area contributed by atoms with Gasteiger partial charge in [-0.05, 0) is 49.2 Å². The molecule has 0 unspecified atom stereocenters. The highest BCUT2D eigenvalue weighted by molar-refractivity contribution is 5.55. The van der Waals surface area contributed by atoms with E-state index in [1.807, 2.05) is 44.2 Å². The number of hydrogen-bond donors (Lipinski definition) is 1. The van der Waals surface area contributed by atoms with Crippen LogP contribution in [-0.2, 0) is 4.74 Å². The van der Waals surface area contributed by atoms with Crippen LogP contribution in [-0.4, -0.2) is 32.5 Å². The number of rotatable bonds is 8. The number of methoxy groups -OCH3 is 3. The molecule has 0 saturated carbocycles. The second-order valence-electron chi connectivity index (χ2n) is 5.82. The van der Waals surface area contributed by atoms with Gasteiger partial charge in [0, 0.05) is 7.11 Å². The van der Waals surface area contributed by atoms with Crippen molar-refractivity contribution in [1.82, 2.24) is 0 Å². The predicted octanol–water partition coefficient (Wildman–Crippen LogP) is 4.60. The van der Waals surface area contributed by atoms with E-state index in [2.05, 4.69) is 0 Å². The fraction of sp³-hybridized carbons (Fsp3) is 0.333. The Balaban J connectivity index is 2.25. The third-order valence-corrected chi connectivity index (χ3v) is 4.07. The van der Waals surface area contributed by atoms with Gasteiger partial charge >= 0.3 is 0 Å². The Morgan fingerprint density at radius 3 is 2.27 bits per heavy atom. The predicted molar refractivity (Wildman–Crippen MR) is 102 cm³/mol. The maximum absolute atomic E-state index is 9.78. The molecule has 140 valence electrons. The zero-order valence-corrected chi connectivity index (χ0v) is 15.9. The number of allylic oxidation sites excluding steroid dienone is 1. The van der Waals surface area contributed by atoms with Gasteiger partial charge in [0.25, 0.3) is 0 Å². The average molecular weight is 358 g/mol. The van der Waals surface area contributed by atoms with Gasteiger partial charge in [-0.15, -0.1) is 0 Å². The molecule has 5 heteroatoms. The van der Waals surface area contributed by atoms with Gasteiger partial charge in [-0.3, -0.25) is 0 Å². The number of benzene rings is 2. The minimum absolute atomic E-state index is 0.0842. The summed E-state index contributed by atoms with van der Waals surface area (Å²) in [6.45, 7) is 3.89. The van der Waals surface area contributed by atoms with E-state index in [1.54, 1.807) is 32.4 Å². The summed E-state index contributed by atoms with van der Waals surface area (Å²) in [5.41, 5.74) is 1.88. The Morgan fingerprint density at radius 2 is 1.65 bits per heavy atom. The molecule has 0 amide bonds. The largest absolute Gasteiger partial charge is 0.504 e. The van der Waals surface area contributed by atoms with E-state index in [0.29, 0.717) is 17.2 Å². The monoisotopic (exact) mass is 358 g/mol. The van der Waals surface area contributed by atoms with E-state index in [9.17, 15) is 5.11 Å². The van der Waals surface area contributed by atoms with Crippen LogP contribution in [0, 0.1) is 0 Å². The van der Waals surface area contributed by atoms with E-state index >= 15 is 0 Å². The second kappa shape index (κ2) is 9.15. The van der Waals surface area contributed by atoms with Gasteiger partial charge in [-0.2, -0.15) is 0 Å². The first kappa shape index (κ1) is 19.7. The van der Waals surface area contributed by atoms with E-state index in [1.165, 1.54) is 7.11 Å².